The largest absolute Gasteiger partial charge is 0.444 e. The smallest absolute Gasteiger partial charge is 0.408 e. The first kappa shape index (κ1) is 23.3. The molecule has 3 amide bonds. The summed E-state index contributed by atoms with van der Waals surface area (Å²) in [6.45, 7) is 4.61. The fourth-order valence-corrected chi connectivity index (χ4v) is 2.18. The molecule has 5 N–H and O–H groups in total. The summed E-state index contributed by atoms with van der Waals surface area (Å²) < 4.78 is 5.02. The summed E-state index contributed by atoms with van der Waals surface area (Å²) in [6, 6.07) is 13.7. The predicted octanol–water partition coefficient (Wildman–Crippen LogP) is 3.26. The van der Waals surface area contributed by atoms with Gasteiger partial charge in [-0.2, -0.15) is 10.2 Å². The number of azo groups is 1. The first-order valence-corrected chi connectivity index (χ1v) is 9.51. The highest BCUT2D eigenvalue weighted by atomic mass is 16.6. The summed E-state index contributed by atoms with van der Waals surface area (Å²) in [5, 5.41) is 15.6. The monoisotopic (exact) mass is 426 g/mol. The Bertz CT molecular complexity index is 934. The molecule has 31 heavy (non-hydrogen) atoms. The highest BCUT2D eigenvalue weighted by Gasteiger charge is 2.16. The Hall–Kier alpha value is -3.95. The lowest BCUT2D eigenvalue weighted by atomic mass is 10.2. The molecule has 0 radical (unpaired) electrons. The zero-order chi connectivity index (χ0) is 22.9. The molecule has 10 nitrogen and oxygen atoms in total. The van der Waals surface area contributed by atoms with Gasteiger partial charge < -0.3 is 26.4 Å². The molecule has 164 valence electrons. The lowest BCUT2D eigenvalue weighted by Crippen LogP contribution is -2.41. The van der Waals surface area contributed by atoms with Crippen molar-refractivity contribution < 1.29 is 19.1 Å². The van der Waals surface area contributed by atoms with Crippen molar-refractivity contribution in [3.63, 3.8) is 0 Å². The van der Waals surface area contributed by atoms with Crippen LogP contribution in [0, 0.1) is 0 Å². The second kappa shape index (κ2) is 10.7. The highest BCUT2D eigenvalue weighted by molar-refractivity contribution is 5.95. The van der Waals surface area contributed by atoms with E-state index in [-0.39, 0.29) is 13.1 Å². The van der Waals surface area contributed by atoms with Gasteiger partial charge >= 0.3 is 6.09 Å². The second-order valence-electron chi connectivity index (χ2n) is 7.52. The topological polar surface area (TPSA) is 147 Å². The maximum Gasteiger partial charge on any atom is 0.408 e. The number of amides is 3. The number of hydrogen-bond acceptors (Lipinski definition) is 7. The number of nitrogens with two attached hydrogens (primary N) is 1. The summed E-state index contributed by atoms with van der Waals surface area (Å²) in [4.78, 5) is 35.2. The van der Waals surface area contributed by atoms with Gasteiger partial charge in [0.15, 0.2) is 0 Å². The number of rotatable bonds is 7. The number of hydrogen-bond donors (Lipinski definition) is 4. The summed E-state index contributed by atoms with van der Waals surface area (Å²) in [7, 11) is 0. The quantitative estimate of drug-likeness (QED) is 0.396. The molecule has 2 aromatic rings. The van der Waals surface area contributed by atoms with Gasteiger partial charge in [-0.1, -0.05) is 0 Å². The van der Waals surface area contributed by atoms with E-state index in [0.29, 0.717) is 22.7 Å². The van der Waals surface area contributed by atoms with Gasteiger partial charge in [0.25, 0.3) is 0 Å². The predicted molar refractivity (Wildman–Crippen MR) is 117 cm³/mol. The van der Waals surface area contributed by atoms with Gasteiger partial charge in [-0.25, -0.2) is 4.79 Å². The molecule has 0 fully saturated rings. The Balaban J connectivity index is 1.73. The minimum absolute atomic E-state index is 0.243. The van der Waals surface area contributed by atoms with Gasteiger partial charge in [0.1, 0.15) is 12.1 Å². The Morgan fingerprint density at radius 2 is 1.35 bits per heavy atom. The van der Waals surface area contributed by atoms with E-state index < -0.39 is 23.5 Å². The molecule has 0 bridgehead atoms. The Kier molecular flexibility index (Phi) is 8.07. The van der Waals surface area contributed by atoms with E-state index in [9.17, 15) is 14.4 Å². The van der Waals surface area contributed by atoms with Gasteiger partial charge in [0, 0.05) is 11.4 Å². The molecule has 0 aliphatic carbocycles. The third-order valence-electron chi connectivity index (χ3n) is 3.56. The van der Waals surface area contributed by atoms with Crippen molar-refractivity contribution in [3.05, 3.63) is 48.5 Å². The third-order valence-corrected chi connectivity index (χ3v) is 3.56. The zero-order valence-corrected chi connectivity index (χ0v) is 17.6. The van der Waals surface area contributed by atoms with Crippen molar-refractivity contribution in [2.75, 3.05) is 24.1 Å². The van der Waals surface area contributed by atoms with Gasteiger partial charge in [-0.3, -0.25) is 9.59 Å². The lowest BCUT2D eigenvalue weighted by Gasteiger charge is -2.19. The number of nitrogens with zero attached hydrogens (tertiary/aromatic N) is 2. The summed E-state index contributed by atoms with van der Waals surface area (Å²) in [5.41, 5.74) is 7.43. The molecule has 2 rings (SSSR count). The van der Waals surface area contributed by atoms with Crippen molar-refractivity contribution in [3.8, 4) is 0 Å². The molecule has 0 saturated heterocycles. The molecule has 0 aliphatic rings. The van der Waals surface area contributed by atoms with Gasteiger partial charge in [0.2, 0.25) is 11.8 Å². The van der Waals surface area contributed by atoms with Crippen molar-refractivity contribution in [1.82, 2.24) is 10.6 Å². The molecule has 0 unspecified atom stereocenters. The SMILES string of the molecule is CC(C)(C)OC(=O)NCC(=O)NCC(=O)Nc1ccc(/N=N/c2ccc(N)cc2)cc1. The van der Waals surface area contributed by atoms with E-state index in [1.54, 1.807) is 69.3 Å². The molecular formula is C21H26N6O4. The summed E-state index contributed by atoms with van der Waals surface area (Å²) in [5.74, 6) is -0.929. The third kappa shape index (κ3) is 9.39. The minimum Gasteiger partial charge on any atom is -0.444 e. The van der Waals surface area contributed by atoms with E-state index in [0.717, 1.165) is 0 Å². The number of anilines is 2. The fraction of sp³-hybridized carbons (Fsp3) is 0.286. The van der Waals surface area contributed by atoms with Gasteiger partial charge in [-0.15, -0.1) is 0 Å². The standard InChI is InChI=1S/C21H26N6O4/c1-21(2,3)31-20(30)24-12-18(28)23-13-19(29)25-15-8-10-17(11-9-15)27-26-16-6-4-14(22)5-7-16/h4-11H,12-13,22H2,1-3H3,(H,23,28)(H,24,30)(H,25,29)/b27-26+. The zero-order valence-electron chi connectivity index (χ0n) is 17.6. The molecule has 0 aromatic heterocycles. The first-order valence-electron chi connectivity index (χ1n) is 9.51. The van der Waals surface area contributed by atoms with E-state index in [4.69, 9.17) is 10.5 Å². The van der Waals surface area contributed by atoms with Crippen LogP contribution in [0.1, 0.15) is 20.8 Å². The lowest BCUT2D eigenvalue weighted by molar-refractivity contribution is -0.123. The van der Waals surface area contributed by atoms with Crippen LogP contribution in [0.25, 0.3) is 0 Å². The summed E-state index contributed by atoms with van der Waals surface area (Å²) in [6.07, 6.45) is -0.708. The van der Waals surface area contributed by atoms with E-state index >= 15 is 0 Å². The number of carbonyl (C=O) groups is 3. The molecule has 0 spiro atoms. The Morgan fingerprint density at radius 3 is 1.90 bits per heavy atom. The molecule has 0 saturated carbocycles. The number of carbonyl (C=O) groups excluding carboxylic acids is 3. The van der Waals surface area contributed by atoms with Crippen LogP contribution < -0.4 is 21.7 Å². The number of nitrogens with one attached hydrogen (secondary N) is 3. The van der Waals surface area contributed by atoms with Crippen LogP contribution in [-0.2, 0) is 14.3 Å². The van der Waals surface area contributed by atoms with Crippen LogP contribution in [0.2, 0.25) is 0 Å². The van der Waals surface area contributed by atoms with Gasteiger partial charge in [-0.05, 0) is 69.3 Å². The van der Waals surface area contributed by atoms with E-state index in [1.807, 2.05) is 0 Å². The van der Waals surface area contributed by atoms with Crippen LogP contribution in [0.4, 0.5) is 27.5 Å². The van der Waals surface area contributed by atoms with E-state index in [1.165, 1.54) is 0 Å². The number of benzene rings is 2. The average molecular weight is 426 g/mol. The van der Waals surface area contributed by atoms with Crippen LogP contribution in [-0.4, -0.2) is 36.6 Å². The normalized spacial score (nSPS) is 11.1. The molecule has 10 heteroatoms. The maximum absolute atomic E-state index is 12.0. The molecular weight excluding hydrogens is 400 g/mol. The van der Waals surface area contributed by atoms with Crippen LogP contribution in [0.5, 0.6) is 0 Å². The molecule has 2 aromatic carbocycles. The van der Waals surface area contributed by atoms with Crippen molar-refractivity contribution in [2.45, 2.75) is 26.4 Å². The minimum atomic E-state index is -0.708. The van der Waals surface area contributed by atoms with Gasteiger partial charge in [0.05, 0.1) is 17.9 Å². The second-order valence-corrected chi connectivity index (χ2v) is 7.52. The van der Waals surface area contributed by atoms with Crippen molar-refractivity contribution >= 4 is 40.7 Å². The number of nitrogen functional groups attached to an aromatic ring is 1. The summed E-state index contributed by atoms with van der Waals surface area (Å²) >= 11 is 0. The molecule has 0 atom stereocenters. The van der Waals surface area contributed by atoms with Crippen LogP contribution >= 0.6 is 0 Å². The van der Waals surface area contributed by atoms with Crippen LogP contribution in [0.15, 0.2) is 58.8 Å². The first-order chi connectivity index (χ1) is 14.6. The van der Waals surface area contributed by atoms with Crippen molar-refractivity contribution in [2.24, 2.45) is 10.2 Å². The average Bonchev–Trinajstić information content (AvgIpc) is 2.70. The highest BCUT2D eigenvalue weighted by Crippen LogP contribution is 2.21. The Labute approximate surface area is 180 Å². The van der Waals surface area contributed by atoms with E-state index in [2.05, 4.69) is 26.2 Å². The number of ether oxygens (including phenoxy) is 1. The van der Waals surface area contributed by atoms with Crippen molar-refractivity contribution in [1.29, 1.82) is 0 Å². The molecule has 0 heterocycles. The van der Waals surface area contributed by atoms with Crippen LogP contribution in [0.3, 0.4) is 0 Å². The fourth-order valence-electron chi connectivity index (χ4n) is 2.18. The molecule has 0 aliphatic heterocycles. The Morgan fingerprint density at radius 1 is 0.839 bits per heavy atom. The maximum atomic E-state index is 12.0. The number of alkyl carbamates (subject to hydrolysis) is 1.